The van der Waals surface area contributed by atoms with Gasteiger partial charge in [-0.1, -0.05) is 42.1 Å². The van der Waals surface area contributed by atoms with Crippen LogP contribution in [-0.2, 0) is 0 Å². The summed E-state index contributed by atoms with van der Waals surface area (Å²) in [4.78, 5) is 12.9. The van der Waals surface area contributed by atoms with Crippen LogP contribution in [0.15, 0.2) is 41.6 Å². The summed E-state index contributed by atoms with van der Waals surface area (Å²) in [7, 11) is 0. The maximum Gasteiger partial charge on any atom is 0.210 e. The van der Waals surface area contributed by atoms with Gasteiger partial charge in [0, 0.05) is 17.0 Å². The van der Waals surface area contributed by atoms with Gasteiger partial charge in [-0.3, -0.25) is 4.79 Å². The smallest absolute Gasteiger partial charge is 0.210 e. The SMILES string of the molecule is Cc1cc(C(=O)CSc2nnnn2C2CC2)c(C)n1[C@H](C)c1ccccc1. The zero-order chi connectivity index (χ0) is 19.0. The number of aryl methyl sites for hydroxylation is 1. The van der Waals surface area contributed by atoms with Gasteiger partial charge in [-0.15, -0.1) is 5.10 Å². The number of Topliss-reactive ketones (excluding diaryl/α,β-unsaturated/α-hetero) is 1. The molecule has 0 aliphatic heterocycles. The first-order valence-electron chi connectivity index (χ1n) is 9.23. The standard InChI is InChI=1S/C20H23N5OS/c1-13-11-18(15(3)24(13)14(2)16-7-5-4-6-8-16)19(26)12-27-20-21-22-23-25(20)17-9-10-17/h4-8,11,14,17H,9-10,12H2,1-3H3/t14-/m1/s1. The molecule has 1 aliphatic rings. The highest BCUT2D eigenvalue weighted by atomic mass is 32.2. The fraction of sp³-hybridized carbons (Fsp3) is 0.400. The van der Waals surface area contributed by atoms with Crippen molar-refractivity contribution >= 4 is 17.5 Å². The molecule has 27 heavy (non-hydrogen) atoms. The Bertz CT molecular complexity index is 958. The highest BCUT2D eigenvalue weighted by Crippen LogP contribution is 2.36. The van der Waals surface area contributed by atoms with Crippen molar-refractivity contribution in [2.45, 2.75) is 50.9 Å². The van der Waals surface area contributed by atoms with Crippen molar-refractivity contribution in [3.63, 3.8) is 0 Å². The Morgan fingerprint density at radius 2 is 2.00 bits per heavy atom. The molecule has 7 heteroatoms. The quantitative estimate of drug-likeness (QED) is 0.457. The highest BCUT2D eigenvalue weighted by Gasteiger charge is 2.28. The average molecular weight is 382 g/mol. The van der Waals surface area contributed by atoms with E-state index in [0.717, 1.165) is 34.9 Å². The minimum Gasteiger partial charge on any atom is -0.341 e. The van der Waals surface area contributed by atoms with E-state index >= 15 is 0 Å². The summed E-state index contributed by atoms with van der Waals surface area (Å²) < 4.78 is 4.08. The van der Waals surface area contributed by atoms with Gasteiger partial charge in [0.05, 0.1) is 17.8 Å². The Morgan fingerprint density at radius 1 is 1.26 bits per heavy atom. The molecule has 0 unspecified atom stereocenters. The monoisotopic (exact) mass is 381 g/mol. The first kappa shape index (κ1) is 18.0. The third-order valence-corrected chi connectivity index (χ3v) is 6.08. The number of nitrogens with zero attached hydrogens (tertiary/aromatic N) is 5. The number of tetrazole rings is 1. The maximum absolute atomic E-state index is 12.9. The molecule has 2 aromatic heterocycles. The first-order chi connectivity index (χ1) is 13.1. The van der Waals surface area contributed by atoms with Crippen LogP contribution in [0, 0.1) is 13.8 Å². The number of ketones is 1. The van der Waals surface area contributed by atoms with Crippen LogP contribution in [-0.4, -0.2) is 36.3 Å². The van der Waals surface area contributed by atoms with E-state index < -0.39 is 0 Å². The van der Waals surface area contributed by atoms with Crippen molar-refractivity contribution in [2.24, 2.45) is 0 Å². The number of carbonyl (C=O) groups is 1. The molecule has 1 atom stereocenters. The zero-order valence-electron chi connectivity index (χ0n) is 15.8. The molecule has 6 nitrogen and oxygen atoms in total. The normalized spacial score (nSPS) is 15.1. The summed E-state index contributed by atoms with van der Waals surface area (Å²) in [6.07, 6.45) is 2.23. The number of aromatic nitrogens is 5. The predicted octanol–water partition coefficient (Wildman–Crippen LogP) is 4.01. The summed E-state index contributed by atoms with van der Waals surface area (Å²) in [5, 5.41) is 12.6. The second kappa shape index (κ2) is 7.31. The van der Waals surface area contributed by atoms with Gasteiger partial charge in [-0.05, 0) is 55.7 Å². The van der Waals surface area contributed by atoms with Gasteiger partial charge in [0.1, 0.15) is 0 Å². The molecule has 0 radical (unpaired) electrons. The van der Waals surface area contributed by atoms with E-state index in [0.29, 0.717) is 11.8 Å². The lowest BCUT2D eigenvalue weighted by Gasteiger charge is -2.19. The lowest BCUT2D eigenvalue weighted by Crippen LogP contribution is -2.12. The van der Waals surface area contributed by atoms with Crippen LogP contribution in [0.1, 0.15) is 59.2 Å². The van der Waals surface area contributed by atoms with Gasteiger partial charge in [0.2, 0.25) is 5.16 Å². The molecule has 0 N–H and O–H groups in total. The Labute approximate surface area is 163 Å². The molecule has 0 bridgehead atoms. The van der Waals surface area contributed by atoms with E-state index in [1.807, 2.05) is 35.9 Å². The number of hydrogen-bond donors (Lipinski definition) is 0. The molecule has 3 aromatic rings. The van der Waals surface area contributed by atoms with Crippen LogP contribution >= 0.6 is 11.8 Å². The molecule has 1 saturated carbocycles. The van der Waals surface area contributed by atoms with E-state index in [4.69, 9.17) is 0 Å². The number of benzene rings is 1. The molecule has 1 aliphatic carbocycles. The van der Waals surface area contributed by atoms with Crippen molar-refractivity contribution in [1.82, 2.24) is 24.8 Å². The van der Waals surface area contributed by atoms with Crippen molar-refractivity contribution < 1.29 is 4.79 Å². The van der Waals surface area contributed by atoms with Crippen LogP contribution in [0.3, 0.4) is 0 Å². The van der Waals surface area contributed by atoms with Crippen molar-refractivity contribution in [1.29, 1.82) is 0 Å². The summed E-state index contributed by atoms with van der Waals surface area (Å²) in [6.45, 7) is 6.25. The highest BCUT2D eigenvalue weighted by molar-refractivity contribution is 7.99. The van der Waals surface area contributed by atoms with E-state index in [9.17, 15) is 4.79 Å². The molecule has 1 fully saturated rings. The van der Waals surface area contributed by atoms with Crippen LogP contribution < -0.4 is 0 Å². The molecule has 2 heterocycles. The van der Waals surface area contributed by atoms with E-state index in [-0.39, 0.29) is 11.8 Å². The third-order valence-electron chi connectivity index (χ3n) is 5.14. The van der Waals surface area contributed by atoms with Gasteiger partial charge >= 0.3 is 0 Å². The van der Waals surface area contributed by atoms with E-state index in [2.05, 4.69) is 46.1 Å². The number of carbonyl (C=O) groups excluding carboxylic acids is 1. The van der Waals surface area contributed by atoms with Crippen LogP contribution in [0.2, 0.25) is 0 Å². The van der Waals surface area contributed by atoms with Crippen molar-refractivity contribution in [2.75, 3.05) is 5.75 Å². The predicted molar refractivity (Wildman–Crippen MR) is 105 cm³/mol. The van der Waals surface area contributed by atoms with Gasteiger partial charge in [0.25, 0.3) is 0 Å². The minimum atomic E-state index is 0.116. The number of hydrogen-bond acceptors (Lipinski definition) is 5. The lowest BCUT2D eigenvalue weighted by atomic mass is 10.1. The summed E-state index contributed by atoms with van der Waals surface area (Å²) in [6, 6.07) is 13.0. The Hall–Kier alpha value is -2.41. The van der Waals surface area contributed by atoms with Crippen molar-refractivity contribution in [3.05, 3.63) is 58.9 Å². The molecular formula is C20H23N5OS. The van der Waals surface area contributed by atoms with Gasteiger partial charge in [-0.25, -0.2) is 4.68 Å². The minimum absolute atomic E-state index is 0.116. The van der Waals surface area contributed by atoms with Crippen molar-refractivity contribution in [3.8, 4) is 0 Å². The largest absolute Gasteiger partial charge is 0.341 e. The molecule has 140 valence electrons. The Kier molecular flexibility index (Phi) is 4.86. The summed E-state index contributed by atoms with van der Waals surface area (Å²) in [5.74, 6) is 0.460. The van der Waals surface area contributed by atoms with Crippen LogP contribution in [0.5, 0.6) is 0 Å². The number of thioether (sulfide) groups is 1. The van der Waals surface area contributed by atoms with Crippen LogP contribution in [0.25, 0.3) is 0 Å². The second-order valence-electron chi connectivity index (χ2n) is 7.09. The average Bonchev–Trinajstić information content (AvgIpc) is 3.34. The van der Waals surface area contributed by atoms with Crippen LogP contribution in [0.4, 0.5) is 0 Å². The summed E-state index contributed by atoms with van der Waals surface area (Å²) in [5.41, 5.74) is 4.13. The molecule has 0 spiro atoms. The Morgan fingerprint density at radius 3 is 2.70 bits per heavy atom. The number of rotatable bonds is 7. The van der Waals surface area contributed by atoms with E-state index in [1.165, 1.54) is 17.3 Å². The van der Waals surface area contributed by atoms with Gasteiger partial charge < -0.3 is 4.57 Å². The second-order valence-corrected chi connectivity index (χ2v) is 8.03. The van der Waals surface area contributed by atoms with Gasteiger partial charge in [-0.2, -0.15) is 0 Å². The molecular weight excluding hydrogens is 358 g/mol. The fourth-order valence-electron chi connectivity index (χ4n) is 3.57. The molecule has 4 rings (SSSR count). The molecule has 1 aromatic carbocycles. The third kappa shape index (κ3) is 3.56. The summed E-state index contributed by atoms with van der Waals surface area (Å²) >= 11 is 1.42. The topological polar surface area (TPSA) is 65.6 Å². The first-order valence-corrected chi connectivity index (χ1v) is 10.2. The zero-order valence-corrected chi connectivity index (χ0v) is 16.6. The lowest BCUT2D eigenvalue weighted by molar-refractivity contribution is 0.102. The fourth-order valence-corrected chi connectivity index (χ4v) is 4.40. The molecule has 0 saturated heterocycles. The Balaban J connectivity index is 1.52. The maximum atomic E-state index is 12.9. The van der Waals surface area contributed by atoms with Gasteiger partial charge in [0.15, 0.2) is 5.78 Å². The molecule has 0 amide bonds. The van der Waals surface area contributed by atoms with E-state index in [1.54, 1.807) is 0 Å².